The summed E-state index contributed by atoms with van der Waals surface area (Å²) in [5.41, 5.74) is 6.20. The van der Waals surface area contributed by atoms with Crippen LogP contribution in [-0.2, 0) is 16.6 Å². The second-order valence-corrected chi connectivity index (χ2v) is 7.33. The van der Waals surface area contributed by atoms with Gasteiger partial charge in [0.05, 0.1) is 11.4 Å². The Bertz CT molecular complexity index is 561. The molecule has 1 aromatic heterocycles. The molecule has 1 heterocycles. The normalized spacial score (nSPS) is 12.9. The Balaban J connectivity index is 3.16. The third-order valence-corrected chi connectivity index (χ3v) is 5.40. The van der Waals surface area contributed by atoms with E-state index in [-0.39, 0.29) is 4.90 Å². The summed E-state index contributed by atoms with van der Waals surface area (Å²) < 4.78 is 29.6. The predicted molar refractivity (Wildman–Crippen MR) is 80.1 cm³/mol. The molecule has 3 N–H and O–H groups in total. The van der Waals surface area contributed by atoms with E-state index >= 15 is 0 Å². The van der Waals surface area contributed by atoms with Gasteiger partial charge in [-0.2, -0.15) is 5.10 Å². The van der Waals surface area contributed by atoms with Crippen LogP contribution in [0.3, 0.4) is 0 Å². The van der Waals surface area contributed by atoms with Crippen molar-refractivity contribution in [2.75, 3.05) is 6.54 Å². The van der Waals surface area contributed by atoms with Gasteiger partial charge in [0.1, 0.15) is 4.90 Å². The first-order chi connectivity index (χ1) is 9.14. The molecular formula is C13H26N4O2S. The van der Waals surface area contributed by atoms with Crippen molar-refractivity contribution in [1.29, 1.82) is 0 Å². The van der Waals surface area contributed by atoms with Crippen LogP contribution < -0.4 is 10.5 Å². The van der Waals surface area contributed by atoms with Gasteiger partial charge in [0.2, 0.25) is 10.0 Å². The molecule has 0 fully saturated rings. The minimum absolute atomic E-state index is 0.288. The summed E-state index contributed by atoms with van der Waals surface area (Å²) in [6, 6.07) is 0. The molecular weight excluding hydrogens is 276 g/mol. The van der Waals surface area contributed by atoms with E-state index < -0.39 is 15.6 Å². The summed E-state index contributed by atoms with van der Waals surface area (Å²) in [7, 11) is -3.56. The van der Waals surface area contributed by atoms with Crippen LogP contribution in [0, 0.1) is 13.8 Å². The van der Waals surface area contributed by atoms with Crippen molar-refractivity contribution in [2.24, 2.45) is 5.73 Å². The molecule has 0 atom stereocenters. The van der Waals surface area contributed by atoms with E-state index in [0.717, 1.165) is 6.42 Å². The molecule has 0 aliphatic rings. The van der Waals surface area contributed by atoms with Crippen LogP contribution in [0.5, 0.6) is 0 Å². The molecule has 116 valence electrons. The highest BCUT2D eigenvalue weighted by Gasteiger charge is 2.29. The van der Waals surface area contributed by atoms with Crippen LogP contribution in [0.2, 0.25) is 0 Å². The maximum atomic E-state index is 12.5. The predicted octanol–water partition coefficient (Wildman–Crippen LogP) is 1.32. The lowest BCUT2D eigenvalue weighted by molar-refractivity contribution is 0.439. The van der Waals surface area contributed by atoms with Crippen molar-refractivity contribution in [3.8, 4) is 0 Å². The molecule has 0 aliphatic heterocycles. The van der Waals surface area contributed by atoms with E-state index in [9.17, 15) is 8.42 Å². The number of rotatable bonds is 7. The average molecular weight is 302 g/mol. The summed E-state index contributed by atoms with van der Waals surface area (Å²) in [5.74, 6) is 0. The Kier molecular flexibility index (Phi) is 5.34. The smallest absolute Gasteiger partial charge is 0.244 e. The fraction of sp³-hybridized carbons (Fsp3) is 0.769. The van der Waals surface area contributed by atoms with Gasteiger partial charge in [-0.25, -0.2) is 13.1 Å². The number of nitrogens with two attached hydrogens (primary N) is 1. The van der Waals surface area contributed by atoms with Crippen LogP contribution >= 0.6 is 0 Å². The van der Waals surface area contributed by atoms with Crippen molar-refractivity contribution >= 4 is 10.0 Å². The highest BCUT2D eigenvalue weighted by Crippen LogP contribution is 2.22. The van der Waals surface area contributed by atoms with Gasteiger partial charge in [0.25, 0.3) is 0 Å². The zero-order chi connectivity index (χ0) is 15.6. The SMILES string of the molecule is CCC(C)(C)NS(=O)(=O)c1c(C)nn(CCCN)c1C. The van der Waals surface area contributed by atoms with E-state index in [2.05, 4.69) is 9.82 Å². The van der Waals surface area contributed by atoms with Crippen LogP contribution in [0.1, 0.15) is 45.0 Å². The van der Waals surface area contributed by atoms with Crippen LogP contribution in [0.4, 0.5) is 0 Å². The van der Waals surface area contributed by atoms with Gasteiger partial charge in [-0.05, 0) is 47.1 Å². The van der Waals surface area contributed by atoms with Crippen molar-refractivity contribution in [1.82, 2.24) is 14.5 Å². The molecule has 0 saturated carbocycles. The third-order valence-electron chi connectivity index (χ3n) is 3.45. The number of sulfonamides is 1. The van der Waals surface area contributed by atoms with E-state index in [1.807, 2.05) is 20.8 Å². The van der Waals surface area contributed by atoms with Gasteiger partial charge in [0, 0.05) is 12.1 Å². The standard InChI is InChI=1S/C13H26N4O2S/c1-6-13(4,5)16-20(18,19)12-10(2)15-17(11(12)3)9-7-8-14/h16H,6-9,14H2,1-5H3. The summed E-state index contributed by atoms with van der Waals surface area (Å²) in [6.45, 7) is 10.4. The molecule has 0 bridgehead atoms. The summed E-state index contributed by atoms with van der Waals surface area (Å²) >= 11 is 0. The Morgan fingerprint density at radius 3 is 2.45 bits per heavy atom. The third kappa shape index (κ3) is 3.80. The molecule has 0 radical (unpaired) electrons. The highest BCUT2D eigenvalue weighted by molar-refractivity contribution is 7.89. The lowest BCUT2D eigenvalue weighted by atomic mass is 10.0. The van der Waals surface area contributed by atoms with E-state index in [1.54, 1.807) is 18.5 Å². The monoisotopic (exact) mass is 302 g/mol. The number of hydrogen-bond donors (Lipinski definition) is 2. The first-order valence-corrected chi connectivity index (χ1v) is 8.41. The molecule has 0 unspecified atom stereocenters. The zero-order valence-corrected chi connectivity index (χ0v) is 13.8. The Morgan fingerprint density at radius 2 is 1.95 bits per heavy atom. The number of aromatic nitrogens is 2. The van der Waals surface area contributed by atoms with E-state index in [4.69, 9.17) is 5.73 Å². The minimum Gasteiger partial charge on any atom is -0.330 e. The molecule has 0 aliphatic carbocycles. The van der Waals surface area contributed by atoms with E-state index in [0.29, 0.717) is 30.9 Å². The molecule has 7 heteroatoms. The molecule has 6 nitrogen and oxygen atoms in total. The van der Waals surface area contributed by atoms with Gasteiger partial charge < -0.3 is 5.73 Å². The number of aryl methyl sites for hydroxylation is 2. The average Bonchev–Trinajstić information content (AvgIpc) is 2.61. The molecule has 20 heavy (non-hydrogen) atoms. The van der Waals surface area contributed by atoms with Crippen LogP contribution in [-0.4, -0.2) is 30.3 Å². The van der Waals surface area contributed by atoms with Crippen molar-refractivity contribution < 1.29 is 8.42 Å². The zero-order valence-electron chi connectivity index (χ0n) is 13.0. The molecule has 0 spiro atoms. The lowest BCUT2D eigenvalue weighted by Crippen LogP contribution is -2.43. The largest absolute Gasteiger partial charge is 0.330 e. The first-order valence-electron chi connectivity index (χ1n) is 6.92. The Labute approximate surface area is 121 Å². The van der Waals surface area contributed by atoms with Gasteiger partial charge in [-0.3, -0.25) is 4.68 Å². The fourth-order valence-electron chi connectivity index (χ4n) is 2.02. The van der Waals surface area contributed by atoms with Gasteiger partial charge >= 0.3 is 0 Å². The molecule has 0 aromatic carbocycles. The summed E-state index contributed by atoms with van der Waals surface area (Å²) in [5, 5.41) is 4.31. The fourth-order valence-corrected chi connectivity index (χ4v) is 3.91. The van der Waals surface area contributed by atoms with Gasteiger partial charge in [0.15, 0.2) is 0 Å². The number of nitrogens with zero attached hydrogens (tertiary/aromatic N) is 2. The summed E-state index contributed by atoms with van der Waals surface area (Å²) in [6.07, 6.45) is 1.49. The Hall–Kier alpha value is -0.920. The lowest BCUT2D eigenvalue weighted by Gasteiger charge is -2.24. The Morgan fingerprint density at radius 1 is 1.35 bits per heavy atom. The quantitative estimate of drug-likeness (QED) is 0.794. The number of nitrogens with one attached hydrogen (secondary N) is 1. The molecule has 1 rings (SSSR count). The second-order valence-electron chi connectivity index (χ2n) is 5.71. The maximum absolute atomic E-state index is 12.5. The molecule has 1 aromatic rings. The maximum Gasteiger partial charge on any atom is 0.244 e. The van der Waals surface area contributed by atoms with Crippen molar-refractivity contribution in [3.63, 3.8) is 0 Å². The van der Waals surface area contributed by atoms with E-state index in [1.165, 1.54) is 0 Å². The minimum atomic E-state index is -3.56. The second kappa shape index (κ2) is 6.24. The first kappa shape index (κ1) is 17.1. The van der Waals surface area contributed by atoms with Gasteiger partial charge in [-0.15, -0.1) is 0 Å². The molecule has 0 saturated heterocycles. The van der Waals surface area contributed by atoms with Gasteiger partial charge in [-0.1, -0.05) is 6.92 Å². The van der Waals surface area contributed by atoms with Crippen molar-refractivity contribution in [2.45, 2.75) is 64.4 Å². The van der Waals surface area contributed by atoms with Crippen LogP contribution in [0.15, 0.2) is 4.90 Å². The number of hydrogen-bond acceptors (Lipinski definition) is 4. The summed E-state index contributed by atoms with van der Waals surface area (Å²) in [4.78, 5) is 0.288. The topological polar surface area (TPSA) is 90.0 Å². The van der Waals surface area contributed by atoms with Crippen molar-refractivity contribution in [3.05, 3.63) is 11.4 Å². The van der Waals surface area contributed by atoms with Crippen LogP contribution in [0.25, 0.3) is 0 Å². The highest BCUT2D eigenvalue weighted by atomic mass is 32.2. The molecule has 0 amide bonds.